The van der Waals surface area contributed by atoms with Crippen molar-refractivity contribution in [2.75, 3.05) is 5.32 Å². The van der Waals surface area contributed by atoms with Gasteiger partial charge in [0.25, 0.3) is 11.6 Å². The van der Waals surface area contributed by atoms with Crippen LogP contribution in [0.4, 0.5) is 11.4 Å². The summed E-state index contributed by atoms with van der Waals surface area (Å²) < 4.78 is 0. The number of nitrogens with zero attached hydrogens (tertiary/aromatic N) is 1. The van der Waals surface area contributed by atoms with E-state index < -0.39 is 16.8 Å². The van der Waals surface area contributed by atoms with Gasteiger partial charge in [-0.15, -0.1) is 0 Å². The van der Waals surface area contributed by atoms with Crippen molar-refractivity contribution in [3.8, 4) is 5.75 Å². The highest BCUT2D eigenvalue weighted by Gasteiger charge is 2.13. The van der Waals surface area contributed by atoms with Crippen LogP contribution in [0, 0.1) is 10.1 Å². The number of phenolic OH excluding ortho intramolecular Hbond substituents is 1. The molecule has 0 saturated heterocycles. The molecular weight excluding hydrogens is 316 g/mol. The Kier molecular flexibility index (Phi) is 5.10. The summed E-state index contributed by atoms with van der Waals surface area (Å²) in [6.07, 6.45) is 0.181. The average Bonchev–Trinajstić information content (AvgIpc) is 2.55. The Morgan fingerprint density at radius 1 is 1.17 bits per heavy atom. The molecule has 0 unspecified atom stereocenters. The maximum Gasteiger partial charge on any atom is 0.303 e. The van der Waals surface area contributed by atoms with Crippen LogP contribution in [-0.4, -0.2) is 27.0 Å². The fraction of sp³-hybridized carbons (Fsp3) is 0.125. The molecule has 0 aliphatic carbocycles. The predicted molar refractivity (Wildman–Crippen MR) is 85.1 cm³/mol. The van der Waals surface area contributed by atoms with Crippen LogP contribution in [0.3, 0.4) is 0 Å². The summed E-state index contributed by atoms with van der Waals surface area (Å²) in [6.45, 7) is 0. The van der Waals surface area contributed by atoms with Gasteiger partial charge in [-0.25, -0.2) is 0 Å². The summed E-state index contributed by atoms with van der Waals surface area (Å²) in [7, 11) is 0. The molecule has 2 rings (SSSR count). The van der Waals surface area contributed by atoms with Gasteiger partial charge in [-0.05, 0) is 30.2 Å². The lowest BCUT2D eigenvalue weighted by Crippen LogP contribution is -2.12. The van der Waals surface area contributed by atoms with Gasteiger partial charge in [-0.3, -0.25) is 19.7 Å². The smallest absolute Gasteiger partial charge is 0.303 e. The maximum atomic E-state index is 12.1. The van der Waals surface area contributed by atoms with E-state index in [1.807, 2.05) is 0 Å². The Hall–Kier alpha value is -3.42. The zero-order valence-electron chi connectivity index (χ0n) is 12.4. The standard InChI is InChI=1S/C16H14N2O6/c19-14-8-10(5-7-15(20)21)4-6-13(14)17-16(22)11-2-1-3-12(9-11)18(23)24/h1-4,6,8-9,19H,5,7H2,(H,17,22)(H,20,21). The van der Waals surface area contributed by atoms with E-state index in [1.54, 1.807) is 6.07 Å². The molecule has 24 heavy (non-hydrogen) atoms. The van der Waals surface area contributed by atoms with Gasteiger partial charge < -0.3 is 15.5 Å². The largest absolute Gasteiger partial charge is 0.506 e. The summed E-state index contributed by atoms with van der Waals surface area (Å²) >= 11 is 0. The van der Waals surface area contributed by atoms with Crippen LogP contribution < -0.4 is 5.32 Å². The molecule has 0 aromatic heterocycles. The Labute approximate surface area is 136 Å². The molecule has 124 valence electrons. The van der Waals surface area contributed by atoms with Crippen molar-refractivity contribution in [2.45, 2.75) is 12.8 Å². The number of anilines is 1. The molecule has 0 fully saturated rings. The summed E-state index contributed by atoms with van der Waals surface area (Å²) in [5.74, 6) is -1.76. The highest BCUT2D eigenvalue weighted by molar-refractivity contribution is 6.05. The lowest BCUT2D eigenvalue weighted by molar-refractivity contribution is -0.384. The topological polar surface area (TPSA) is 130 Å². The highest BCUT2D eigenvalue weighted by atomic mass is 16.6. The number of non-ortho nitro benzene ring substituents is 1. The number of nitro benzene ring substituents is 1. The van der Waals surface area contributed by atoms with Crippen LogP contribution in [0.5, 0.6) is 5.75 Å². The molecule has 1 amide bonds. The summed E-state index contributed by atoms with van der Waals surface area (Å²) in [5.41, 5.74) is 0.614. The van der Waals surface area contributed by atoms with Crippen molar-refractivity contribution < 1.29 is 24.7 Å². The second kappa shape index (κ2) is 7.23. The zero-order valence-corrected chi connectivity index (χ0v) is 12.4. The van der Waals surface area contributed by atoms with Crippen LogP contribution in [0.25, 0.3) is 0 Å². The number of aryl methyl sites for hydroxylation is 1. The lowest BCUT2D eigenvalue weighted by atomic mass is 10.1. The van der Waals surface area contributed by atoms with E-state index in [-0.39, 0.29) is 35.5 Å². The summed E-state index contributed by atoms with van der Waals surface area (Å²) in [5, 5.41) is 31.7. The Morgan fingerprint density at radius 3 is 2.54 bits per heavy atom. The van der Waals surface area contributed by atoms with Crippen LogP contribution in [0.2, 0.25) is 0 Å². The van der Waals surface area contributed by atoms with Gasteiger partial charge >= 0.3 is 5.97 Å². The summed E-state index contributed by atoms with van der Waals surface area (Å²) in [6, 6.07) is 9.61. The molecule has 0 aliphatic heterocycles. The van der Waals surface area contributed by atoms with Crippen LogP contribution in [0.15, 0.2) is 42.5 Å². The number of nitro groups is 1. The zero-order chi connectivity index (χ0) is 17.7. The first kappa shape index (κ1) is 16.9. The number of carboxylic acids is 1. The number of rotatable bonds is 6. The molecule has 0 heterocycles. The summed E-state index contributed by atoms with van der Waals surface area (Å²) in [4.78, 5) is 32.8. The fourth-order valence-electron chi connectivity index (χ4n) is 2.04. The van der Waals surface area contributed by atoms with E-state index in [0.717, 1.165) is 6.07 Å². The van der Waals surface area contributed by atoms with Gasteiger partial charge in [-0.1, -0.05) is 12.1 Å². The number of nitrogens with one attached hydrogen (secondary N) is 1. The number of phenols is 1. The monoisotopic (exact) mass is 330 g/mol. The Bertz CT molecular complexity index is 803. The molecule has 0 saturated carbocycles. The van der Waals surface area contributed by atoms with E-state index in [4.69, 9.17) is 5.11 Å². The number of benzene rings is 2. The molecule has 2 aromatic carbocycles. The van der Waals surface area contributed by atoms with E-state index in [2.05, 4.69) is 5.32 Å². The van der Waals surface area contributed by atoms with E-state index in [0.29, 0.717) is 5.56 Å². The number of aromatic hydroxyl groups is 1. The third kappa shape index (κ3) is 4.29. The Balaban J connectivity index is 2.13. The average molecular weight is 330 g/mol. The van der Waals surface area contributed by atoms with Crippen molar-refractivity contribution in [1.29, 1.82) is 0 Å². The van der Waals surface area contributed by atoms with Crippen molar-refractivity contribution in [3.63, 3.8) is 0 Å². The quantitative estimate of drug-likeness (QED) is 0.424. The maximum absolute atomic E-state index is 12.1. The molecule has 8 nitrogen and oxygen atoms in total. The van der Waals surface area contributed by atoms with Crippen molar-refractivity contribution in [3.05, 3.63) is 63.7 Å². The number of amides is 1. The van der Waals surface area contributed by atoms with Gasteiger partial charge in [0.2, 0.25) is 0 Å². The first-order valence-electron chi connectivity index (χ1n) is 6.96. The van der Waals surface area contributed by atoms with Gasteiger partial charge in [0.05, 0.1) is 10.6 Å². The first-order chi connectivity index (χ1) is 11.4. The van der Waals surface area contributed by atoms with Crippen LogP contribution in [0.1, 0.15) is 22.3 Å². The van der Waals surface area contributed by atoms with E-state index in [9.17, 15) is 24.8 Å². The molecule has 3 N–H and O–H groups in total. The molecule has 0 atom stereocenters. The molecule has 8 heteroatoms. The van der Waals surface area contributed by atoms with Crippen molar-refractivity contribution in [1.82, 2.24) is 0 Å². The second-order valence-electron chi connectivity index (χ2n) is 5.01. The number of carboxylic acid groups (broad SMARTS) is 1. The van der Waals surface area contributed by atoms with E-state index in [1.165, 1.54) is 30.3 Å². The van der Waals surface area contributed by atoms with Crippen LogP contribution in [-0.2, 0) is 11.2 Å². The second-order valence-corrected chi connectivity index (χ2v) is 5.01. The molecule has 0 bridgehead atoms. The van der Waals surface area contributed by atoms with Gasteiger partial charge in [0, 0.05) is 24.1 Å². The number of carbonyl (C=O) groups excluding carboxylic acids is 1. The van der Waals surface area contributed by atoms with Gasteiger partial charge in [0.15, 0.2) is 0 Å². The SMILES string of the molecule is O=C(O)CCc1ccc(NC(=O)c2cccc([N+](=O)[O-])c2)c(O)c1. The highest BCUT2D eigenvalue weighted by Crippen LogP contribution is 2.26. The normalized spacial score (nSPS) is 10.2. The number of hydrogen-bond donors (Lipinski definition) is 3. The fourth-order valence-corrected chi connectivity index (χ4v) is 2.04. The van der Waals surface area contributed by atoms with Gasteiger partial charge in [-0.2, -0.15) is 0 Å². The number of aliphatic carboxylic acids is 1. The number of hydrogen-bond acceptors (Lipinski definition) is 5. The van der Waals surface area contributed by atoms with Gasteiger partial charge in [0.1, 0.15) is 5.75 Å². The molecule has 2 aromatic rings. The Morgan fingerprint density at radius 2 is 1.92 bits per heavy atom. The molecule has 0 aliphatic rings. The third-order valence-corrected chi connectivity index (χ3v) is 3.26. The van der Waals surface area contributed by atoms with Crippen molar-refractivity contribution >= 4 is 23.3 Å². The molecule has 0 radical (unpaired) electrons. The van der Waals surface area contributed by atoms with Crippen LogP contribution >= 0.6 is 0 Å². The first-order valence-corrected chi connectivity index (χ1v) is 6.96. The lowest BCUT2D eigenvalue weighted by Gasteiger charge is -2.09. The molecular formula is C16H14N2O6. The minimum atomic E-state index is -0.947. The molecule has 0 spiro atoms. The van der Waals surface area contributed by atoms with E-state index >= 15 is 0 Å². The third-order valence-electron chi connectivity index (χ3n) is 3.26. The minimum Gasteiger partial charge on any atom is -0.506 e. The number of carbonyl (C=O) groups is 2. The minimum absolute atomic E-state index is 0.0706. The predicted octanol–water partition coefficient (Wildman–Crippen LogP) is 2.57. The van der Waals surface area contributed by atoms with Crippen molar-refractivity contribution in [2.24, 2.45) is 0 Å².